The lowest BCUT2D eigenvalue weighted by molar-refractivity contribution is 0.102. The second kappa shape index (κ2) is 14.0. The molecular formula is C33H36N8O5. The number of carbonyl (C=O) groups is 2. The number of benzene rings is 2. The van der Waals surface area contributed by atoms with Gasteiger partial charge in [-0.25, -0.2) is 19.4 Å². The van der Waals surface area contributed by atoms with Crippen molar-refractivity contribution in [1.29, 1.82) is 0 Å². The molecule has 4 heterocycles. The monoisotopic (exact) mass is 624 g/mol. The summed E-state index contributed by atoms with van der Waals surface area (Å²) in [5, 5.41) is 11.9. The van der Waals surface area contributed by atoms with Gasteiger partial charge in [-0.1, -0.05) is 25.5 Å². The molecule has 1 saturated heterocycles. The van der Waals surface area contributed by atoms with E-state index in [9.17, 15) is 9.59 Å². The number of anilines is 2. The number of unbranched alkanes of at least 4 members (excludes halogenated alkanes) is 1. The molecule has 238 valence electrons. The van der Waals surface area contributed by atoms with Gasteiger partial charge in [-0.15, -0.1) is 0 Å². The van der Waals surface area contributed by atoms with Gasteiger partial charge in [0, 0.05) is 49.4 Å². The molecule has 2 aromatic carbocycles. The summed E-state index contributed by atoms with van der Waals surface area (Å²) < 4.78 is 18.9. The van der Waals surface area contributed by atoms with Crippen molar-refractivity contribution in [3.8, 4) is 17.2 Å². The third kappa shape index (κ3) is 7.04. The van der Waals surface area contributed by atoms with Crippen LogP contribution >= 0.6 is 0 Å². The van der Waals surface area contributed by atoms with E-state index in [1.54, 1.807) is 60.9 Å². The third-order valence-electron chi connectivity index (χ3n) is 7.67. The lowest BCUT2D eigenvalue weighted by Gasteiger charge is -2.17. The zero-order valence-electron chi connectivity index (χ0n) is 25.7. The Labute approximate surface area is 265 Å². The van der Waals surface area contributed by atoms with E-state index >= 15 is 0 Å². The fourth-order valence-corrected chi connectivity index (χ4v) is 5.22. The average Bonchev–Trinajstić information content (AvgIpc) is 3.84. The predicted molar refractivity (Wildman–Crippen MR) is 173 cm³/mol. The van der Waals surface area contributed by atoms with Crippen LogP contribution in [0.15, 0.2) is 73.2 Å². The first kappa shape index (κ1) is 30.4. The first-order valence-corrected chi connectivity index (χ1v) is 15.3. The smallest absolute Gasteiger partial charge is 0.409 e. The van der Waals surface area contributed by atoms with Crippen molar-refractivity contribution in [2.24, 2.45) is 0 Å². The summed E-state index contributed by atoms with van der Waals surface area (Å²) in [5.41, 5.74) is 2.12. The van der Waals surface area contributed by atoms with Crippen LogP contribution < -0.4 is 20.1 Å². The maximum atomic E-state index is 12.6. The highest BCUT2D eigenvalue weighted by molar-refractivity contribution is 6.03. The number of pyridine rings is 1. The van der Waals surface area contributed by atoms with Crippen LogP contribution in [0.4, 0.5) is 16.6 Å². The minimum Gasteiger partial charge on any atom is -0.497 e. The molecule has 1 atom stereocenters. The van der Waals surface area contributed by atoms with Crippen LogP contribution in [0, 0.1) is 0 Å². The van der Waals surface area contributed by atoms with E-state index < -0.39 is 0 Å². The predicted octanol–water partition coefficient (Wildman–Crippen LogP) is 5.68. The highest BCUT2D eigenvalue weighted by Crippen LogP contribution is 2.35. The maximum absolute atomic E-state index is 12.6. The van der Waals surface area contributed by atoms with E-state index in [-0.39, 0.29) is 18.0 Å². The van der Waals surface area contributed by atoms with Gasteiger partial charge in [-0.3, -0.25) is 10.1 Å². The molecule has 1 aliphatic heterocycles. The number of H-pyrrole nitrogens is 1. The van der Waals surface area contributed by atoms with Crippen LogP contribution in [0.1, 0.15) is 42.1 Å². The zero-order chi connectivity index (χ0) is 31.9. The van der Waals surface area contributed by atoms with Gasteiger partial charge < -0.3 is 29.4 Å². The van der Waals surface area contributed by atoms with Crippen LogP contribution in [-0.2, 0) is 11.3 Å². The number of rotatable bonds is 12. The summed E-state index contributed by atoms with van der Waals surface area (Å²) in [6, 6.07) is 16.4. The van der Waals surface area contributed by atoms with Crippen LogP contribution in [0.2, 0.25) is 0 Å². The largest absolute Gasteiger partial charge is 0.497 e. The van der Waals surface area contributed by atoms with Crippen molar-refractivity contribution in [3.63, 3.8) is 0 Å². The number of nitrogens with zero attached hydrogens (tertiary/aromatic N) is 5. The van der Waals surface area contributed by atoms with Crippen LogP contribution in [0.5, 0.6) is 17.2 Å². The van der Waals surface area contributed by atoms with E-state index in [4.69, 9.17) is 19.3 Å². The van der Waals surface area contributed by atoms with Crippen LogP contribution in [-0.4, -0.2) is 74.5 Å². The number of ether oxygens (including phenoxy) is 3. The number of methoxy groups -OCH3 is 1. The molecule has 13 heteroatoms. The Morgan fingerprint density at radius 2 is 1.83 bits per heavy atom. The number of carbonyl (C=O) groups excluding carboxylic acids is 2. The minimum absolute atomic E-state index is 0.0359. The minimum atomic E-state index is -0.293. The number of amides is 2. The van der Waals surface area contributed by atoms with Gasteiger partial charge in [0.15, 0.2) is 11.5 Å². The third-order valence-corrected chi connectivity index (χ3v) is 7.67. The van der Waals surface area contributed by atoms with Gasteiger partial charge in [0.1, 0.15) is 22.6 Å². The SMILES string of the molecule is CCCCOC(=O)N1CCC(Nc2nn(Cc3ccc(OC)cc3)c3nccc(Oc4ccc(C(=O)Nc5ncc[nH]5)cc4)c23)C1. The maximum Gasteiger partial charge on any atom is 0.409 e. The molecule has 0 bridgehead atoms. The van der Waals surface area contributed by atoms with Gasteiger partial charge in [0.25, 0.3) is 5.91 Å². The summed E-state index contributed by atoms with van der Waals surface area (Å²) in [5.74, 6) is 2.54. The van der Waals surface area contributed by atoms with Crippen LogP contribution in [0.3, 0.4) is 0 Å². The second-order valence-corrected chi connectivity index (χ2v) is 10.9. The Balaban J connectivity index is 1.25. The number of hydrogen-bond acceptors (Lipinski definition) is 9. The fraction of sp³-hybridized carbons (Fsp3) is 0.303. The lowest BCUT2D eigenvalue weighted by Crippen LogP contribution is -2.32. The molecule has 0 aliphatic carbocycles. The number of aromatic nitrogens is 5. The quantitative estimate of drug-likeness (QED) is 0.149. The normalized spacial score (nSPS) is 14.3. The van der Waals surface area contributed by atoms with Gasteiger partial charge in [-0.2, -0.15) is 5.10 Å². The Morgan fingerprint density at radius 1 is 1.02 bits per heavy atom. The molecule has 13 nitrogen and oxygen atoms in total. The summed E-state index contributed by atoms with van der Waals surface area (Å²) >= 11 is 0. The molecular weight excluding hydrogens is 588 g/mol. The summed E-state index contributed by atoms with van der Waals surface area (Å²) in [4.78, 5) is 38.5. The van der Waals surface area contributed by atoms with Crippen molar-refractivity contribution in [3.05, 3.63) is 84.3 Å². The molecule has 3 aromatic heterocycles. The number of aromatic amines is 1. The van der Waals surface area contributed by atoms with Gasteiger partial charge in [0.2, 0.25) is 5.95 Å². The lowest BCUT2D eigenvalue weighted by atomic mass is 10.2. The number of fused-ring (bicyclic) bond motifs is 1. The summed E-state index contributed by atoms with van der Waals surface area (Å²) in [6.07, 6.45) is 7.14. The van der Waals surface area contributed by atoms with E-state index in [1.807, 2.05) is 28.9 Å². The Bertz CT molecular complexity index is 1770. The highest BCUT2D eigenvalue weighted by atomic mass is 16.6. The van der Waals surface area contributed by atoms with E-state index in [0.717, 1.165) is 30.6 Å². The molecule has 1 fully saturated rings. The molecule has 0 spiro atoms. The standard InChI is InChI=1S/C33H36N8O5/c1-3-4-19-45-33(43)40-18-14-24(21-40)37-29-28-27(46-26-11-7-23(8-12-26)31(42)38-32-35-16-17-36-32)13-15-34-30(28)41(39-29)20-22-5-9-25(44-2)10-6-22/h5-13,15-17,24H,3-4,14,18-21H2,1-2H3,(H,37,39)(H2,35,36,38,42). The van der Waals surface area contributed by atoms with Gasteiger partial charge in [-0.05, 0) is 54.8 Å². The molecule has 6 rings (SSSR count). The Hall–Kier alpha value is -5.59. The Kier molecular flexibility index (Phi) is 9.27. The second-order valence-electron chi connectivity index (χ2n) is 10.9. The molecule has 0 saturated carbocycles. The molecule has 2 amide bonds. The average molecular weight is 625 g/mol. The Morgan fingerprint density at radius 3 is 2.57 bits per heavy atom. The van der Waals surface area contributed by atoms with E-state index in [0.29, 0.717) is 66.1 Å². The number of nitrogens with one attached hydrogen (secondary N) is 3. The fourth-order valence-electron chi connectivity index (χ4n) is 5.22. The van der Waals surface area contributed by atoms with Crippen molar-refractivity contribution in [2.75, 3.05) is 37.4 Å². The summed E-state index contributed by atoms with van der Waals surface area (Å²) in [7, 11) is 1.64. The molecule has 0 radical (unpaired) electrons. The van der Waals surface area contributed by atoms with Crippen molar-refractivity contribution >= 4 is 34.8 Å². The highest BCUT2D eigenvalue weighted by Gasteiger charge is 2.29. The van der Waals surface area contributed by atoms with E-state index in [2.05, 4.69) is 32.5 Å². The van der Waals surface area contributed by atoms with Crippen molar-refractivity contribution < 1.29 is 23.8 Å². The molecule has 46 heavy (non-hydrogen) atoms. The van der Waals surface area contributed by atoms with Crippen molar-refractivity contribution in [1.82, 2.24) is 29.6 Å². The number of hydrogen-bond donors (Lipinski definition) is 3. The molecule has 5 aromatic rings. The molecule has 1 aliphatic rings. The first-order valence-electron chi connectivity index (χ1n) is 15.3. The zero-order valence-corrected chi connectivity index (χ0v) is 25.7. The first-order chi connectivity index (χ1) is 22.5. The van der Waals surface area contributed by atoms with E-state index in [1.165, 1.54) is 0 Å². The number of imidazole rings is 1. The molecule has 1 unspecified atom stereocenters. The summed E-state index contributed by atoms with van der Waals surface area (Å²) in [6.45, 7) is 4.04. The molecule has 3 N–H and O–H groups in total. The number of likely N-dealkylation sites (tertiary alicyclic amines) is 1. The van der Waals surface area contributed by atoms with Gasteiger partial charge in [0.05, 0.1) is 20.3 Å². The van der Waals surface area contributed by atoms with Crippen molar-refractivity contribution in [2.45, 2.75) is 38.8 Å². The van der Waals surface area contributed by atoms with Gasteiger partial charge >= 0.3 is 6.09 Å². The van der Waals surface area contributed by atoms with Crippen LogP contribution in [0.25, 0.3) is 11.0 Å². The topological polar surface area (TPSA) is 149 Å².